The van der Waals surface area contributed by atoms with Crippen molar-refractivity contribution in [2.75, 3.05) is 0 Å². The Morgan fingerprint density at radius 1 is 0.585 bits per heavy atom. The molecule has 0 amide bonds. The Morgan fingerprint density at radius 3 is 1.32 bits per heavy atom. The molecule has 0 unspecified atom stereocenters. The number of nitrogens with zero attached hydrogens (tertiary/aromatic N) is 2. The van der Waals surface area contributed by atoms with Gasteiger partial charge in [0.2, 0.25) is 0 Å². The van der Waals surface area contributed by atoms with E-state index in [9.17, 15) is 9.59 Å². The third-order valence-electron chi connectivity index (χ3n) is 5.98. The van der Waals surface area contributed by atoms with Crippen molar-refractivity contribution in [1.29, 1.82) is 5.41 Å². The summed E-state index contributed by atoms with van der Waals surface area (Å²) in [5.41, 5.74) is 3.65. The molecule has 0 atom stereocenters. The van der Waals surface area contributed by atoms with E-state index in [1.165, 1.54) is 35.4 Å². The van der Waals surface area contributed by atoms with Gasteiger partial charge in [-0.1, -0.05) is 48.5 Å². The average molecular weight is 714 g/mol. The molecule has 0 bridgehead atoms. The monoisotopic (exact) mass is 714 g/mol. The minimum atomic E-state index is -0.475. The summed E-state index contributed by atoms with van der Waals surface area (Å²) < 4.78 is 0. The number of pyridine rings is 2. The number of fused-ring (bicyclic) bond motifs is 2. The fraction of sp³-hybridized carbons (Fsp3) is 0.0571. The van der Waals surface area contributed by atoms with Crippen LogP contribution in [0.15, 0.2) is 122 Å². The van der Waals surface area contributed by atoms with E-state index in [4.69, 9.17) is 5.41 Å². The SMILES string of the molecule is CC(=O)C(=N)C(C)=O.[Ir].[c-]1ccccc1-c1nccc2ccccc12.[c-]1ccccc1-c1nccc2ccccc12. The van der Waals surface area contributed by atoms with E-state index in [1.54, 1.807) is 0 Å². The molecule has 205 valence electrons. The van der Waals surface area contributed by atoms with Crippen molar-refractivity contribution in [3.8, 4) is 22.5 Å². The second-order valence-corrected chi connectivity index (χ2v) is 8.80. The number of nitrogens with one attached hydrogen (secondary N) is 1. The van der Waals surface area contributed by atoms with Crippen molar-refractivity contribution >= 4 is 38.8 Å². The van der Waals surface area contributed by atoms with Crippen molar-refractivity contribution < 1.29 is 29.7 Å². The first kappa shape index (κ1) is 30.9. The van der Waals surface area contributed by atoms with Crippen molar-refractivity contribution in [3.05, 3.63) is 134 Å². The number of rotatable bonds is 4. The van der Waals surface area contributed by atoms with E-state index in [2.05, 4.69) is 46.4 Å². The van der Waals surface area contributed by atoms with Gasteiger partial charge in [0.1, 0.15) is 5.71 Å². The van der Waals surface area contributed by atoms with E-state index in [-0.39, 0.29) is 20.1 Å². The van der Waals surface area contributed by atoms with Crippen LogP contribution in [-0.4, -0.2) is 27.2 Å². The van der Waals surface area contributed by atoms with Gasteiger partial charge in [-0.2, -0.15) is 0 Å². The normalized spacial score (nSPS) is 9.80. The van der Waals surface area contributed by atoms with Crippen LogP contribution in [-0.2, 0) is 29.7 Å². The van der Waals surface area contributed by atoms with Gasteiger partial charge in [0, 0.05) is 46.3 Å². The Bertz CT molecular complexity index is 1630. The van der Waals surface area contributed by atoms with Crippen LogP contribution in [0.25, 0.3) is 44.1 Å². The summed E-state index contributed by atoms with van der Waals surface area (Å²) in [6.07, 6.45) is 3.69. The van der Waals surface area contributed by atoms with Crippen molar-refractivity contribution in [2.45, 2.75) is 13.8 Å². The summed E-state index contributed by atoms with van der Waals surface area (Å²) >= 11 is 0. The van der Waals surface area contributed by atoms with Crippen LogP contribution in [0.1, 0.15) is 13.8 Å². The molecular formula is C35H27IrN3O2-2. The van der Waals surface area contributed by atoms with Crippen molar-refractivity contribution in [3.63, 3.8) is 0 Å². The van der Waals surface area contributed by atoms with E-state index >= 15 is 0 Å². The van der Waals surface area contributed by atoms with Gasteiger partial charge in [0.05, 0.1) is 0 Å². The molecule has 6 aromatic rings. The molecule has 1 radical (unpaired) electrons. The number of ketones is 2. The molecule has 4 aromatic carbocycles. The predicted molar refractivity (Wildman–Crippen MR) is 161 cm³/mol. The van der Waals surface area contributed by atoms with E-state index in [0.29, 0.717) is 0 Å². The first-order valence-electron chi connectivity index (χ1n) is 12.7. The maximum Gasteiger partial charge on any atom is 0.181 e. The number of aromatic nitrogens is 2. The number of Topliss-reactive ketones (excluding diaryl/α,β-unsaturated/α-hetero) is 2. The van der Waals surface area contributed by atoms with E-state index in [0.717, 1.165) is 22.5 Å². The van der Waals surface area contributed by atoms with Gasteiger partial charge in [0.25, 0.3) is 0 Å². The van der Waals surface area contributed by atoms with Crippen LogP contribution in [0.4, 0.5) is 0 Å². The number of benzene rings is 4. The minimum absolute atomic E-state index is 0. The maximum atomic E-state index is 10.1. The molecule has 1 N–H and O–H groups in total. The quantitative estimate of drug-likeness (QED) is 0.116. The molecule has 5 nitrogen and oxygen atoms in total. The Morgan fingerprint density at radius 2 is 0.976 bits per heavy atom. The minimum Gasteiger partial charge on any atom is -0.304 e. The topological polar surface area (TPSA) is 83.8 Å². The Balaban J connectivity index is 0.000000178. The third kappa shape index (κ3) is 8.18. The molecule has 0 fully saturated rings. The molecule has 6 rings (SSSR count). The number of carbonyl (C=O) groups excluding carboxylic acids is 2. The third-order valence-corrected chi connectivity index (χ3v) is 5.98. The molecule has 0 aliphatic carbocycles. The summed E-state index contributed by atoms with van der Waals surface area (Å²) in [7, 11) is 0. The van der Waals surface area contributed by atoms with Gasteiger partial charge < -0.3 is 9.97 Å². The Hall–Kier alpha value is -4.64. The number of hydrogen-bond donors (Lipinski definition) is 1. The van der Waals surface area contributed by atoms with Gasteiger partial charge in [-0.05, 0) is 45.1 Å². The van der Waals surface area contributed by atoms with Crippen LogP contribution in [0.3, 0.4) is 0 Å². The zero-order valence-corrected chi connectivity index (χ0v) is 25.0. The summed E-state index contributed by atoms with van der Waals surface area (Å²) in [4.78, 5) is 29.2. The van der Waals surface area contributed by atoms with Gasteiger partial charge >= 0.3 is 0 Å². The van der Waals surface area contributed by atoms with Crippen molar-refractivity contribution in [1.82, 2.24) is 9.97 Å². The van der Waals surface area contributed by atoms with E-state index in [1.807, 2.05) is 97.3 Å². The largest absolute Gasteiger partial charge is 0.304 e. The van der Waals surface area contributed by atoms with Crippen molar-refractivity contribution in [2.24, 2.45) is 0 Å². The van der Waals surface area contributed by atoms with Gasteiger partial charge in [-0.3, -0.25) is 15.0 Å². The first-order chi connectivity index (χ1) is 19.5. The second kappa shape index (κ2) is 15.2. The van der Waals surface area contributed by atoms with Gasteiger partial charge in [-0.15, -0.1) is 71.8 Å². The van der Waals surface area contributed by atoms with E-state index < -0.39 is 17.3 Å². The summed E-state index contributed by atoms with van der Waals surface area (Å²) in [5.74, 6) is -0.949. The fourth-order valence-electron chi connectivity index (χ4n) is 4.00. The van der Waals surface area contributed by atoms with Crippen LogP contribution in [0, 0.1) is 17.5 Å². The summed E-state index contributed by atoms with van der Waals surface area (Å²) in [6.45, 7) is 2.40. The molecule has 2 aromatic heterocycles. The molecular weight excluding hydrogens is 687 g/mol. The second-order valence-electron chi connectivity index (χ2n) is 8.80. The fourth-order valence-corrected chi connectivity index (χ4v) is 4.00. The number of hydrogen-bond acceptors (Lipinski definition) is 5. The average Bonchev–Trinajstić information content (AvgIpc) is 3.01. The summed E-state index contributed by atoms with van der Waals surface area (Å²) in [5, 5.41) is 11.5. The maximum absolute atomic E-state index is 10.1. The van der Waals surface area contributed by atoms with Gasteiger partial charge in [0.15, 0.2) is 11.6 Å². The standard InChI is InChI=1S/2C15H10N.C5H7NO2.Ir/c2*1-2-7-13(8-3-1)15-14-9-5-4-6-12(14)10-11-16-15;1-3(7)5(6)4(2)8;/h2*1-7,9-11H;6H,1-2H3;/q2*-1;;. The molecule has 0 aliphatic heterocycles. The molecule has 2 heterocycles. The zero-order valence-electron chi connectivity index (χ0n) is 22.6. The molecule has 0 saturated carbocycles. The number of carbonyl (C=O) groups is 2. The molecule has 0 aliphatic rings. The first-order valence-corrected chi connectivity index (χ1v) is 12.7. The molecule has 0 saturated heterocycles. The smallest absolute Gasteiger partial charge is 0.181 e. The molecule has 41 heavy (non-hydrogen) atoms. The van der Waals surface area contributed by atoms with Crippen LogP contribution >= 0.6 is 0 Å². The Labute approximate surface area is 253 Å². The molecule has 6 heteroatoms. The van der Waals surface area contributed by atoms with Gasteiger partial charge in [-0.25, -0.2) is 0 Å². The predicted octanol–water partition coefficient (Wildman–Crippen LogP) is 7.59. The summed E-state index contributed by atoms with van der Waals surface area (Å²) in [6, 6.07) is 42.9. The molecule has 0 spiro atoms. The van der Waals surface area contributed by atoms with Crippen LogP contribution in [0.5, 0.6) is 0 Å². The zero-order chi connectivity index (χ0) is 28.3. The van der Waals surface area contributed by atoms with Crippen LogP contribution in [0.2, 0.25) is 0 Å². The Kier molecular flexibility index (Phi) is 11.5. The van der Waals surface area contributed by atoms with Crippen LogP contribution < -0.4 is 0 Å².